The fourth-order valence-corrected chi connectivity index (χ4v) is 4.39. The molecule has 0 unspecified atom stereocenters. The number of aromatic nitrogens is 1. The summed E-state index contributed by atoms with van der Waals surface area (Å²) in [6.07, 6.45) is 0. The van der Waals surface area contributed by atoms with Crippen LogP contribution in [0, 0.1) is 20.8 Å². The van der Waals surface area contributed by atoms with Crippen molar-refractivity contribution in [3.05, 3.63) is 41.2 Å². The Bertz CT molecular complexity index is 933. The Morgan fingerprint density at radius 3 is 2.42 bits per heavy atom. The number of sulfonamides is 2. The van der Waals surface area contributed by atoms with E-state index >= 15 is 0 Å². The molecule has 2 rings (SSSR count). The van der Waals surface area contributed by atoms with Gasteiger partial charge in [0, 0.05) is 12.6 Å². The summed E-state index contributed by atoms with van der Waals surface area (Å²) in [5.41, 5.74) is 1.39. The van der Waals surface area contributed by atoms with Gasteiger partial charge in [0.1, 0.15) is 5.76 Å². The number of hydrogen-bond donors (Lipinski definition) is 2. The van der Waals surface area contributed by atoms with Gasteiger partial charge in [0.05, 0.1) is 10.6 Å². The second-order valence-electron chi connectivity index (χ2n) is 5.41. The molecule has 0 atom stereocenters. The van der Waals surface area contributed by atoms with Crippen molar-refractivity contribution < 1.29 is 21.4 Å². The molecule has 0 fully saturated rings. The van der Waals surface area contributed by atoms with E-state index in [1.54, 1.807) is 32.9 Å². The van der Waals surface area contributed by atoms with Crippen molar-refractivity contribution in [2.24, 2.45) is 0 Å². The first-order valence-electron chi connectivity index (χ1n) is 7.10. The van der Waals surface area contributed by atoms with E-state index in [0.717, 1.165) is 5.56 Å². The highest BCUT2D eigenvalue weighted by atomic mass is 32.2. The Morgan fingerprint density at radius 1 is 1.08 bits per heavy atom. The molecule has 0 saturated carbocycles. The minimum atomic E-state index is -3.78. The molecule has 0 aliphatic heterocycles. The standard InChI is InChI=1S/C14H19N3O5S2/c1-10-4-5-11(2)13(8-10)24(20,21)15-6-7-23(18,19)17-14-9-12(3)22-16-14/h4-5,8-9,15H,6-7H2,1-3H3,(H,16,17). The fourth-order valence-electron chi connectivity index (χ4n) is 2.01. The summed E-state index contributed by atoms with van der Waals surface area (Å²) in [5.74, 6) is 0.0939. The van der Waals surface area contributed by atoms with E-state index in [4.69, 9.17) is 4.52 Å². The van der Waals surface area contributed by atoms with Gasteiger partial charge in [-0.1, -0.05) is 17.3 Å². The third-order valence-electron chi connectivity index (χ3n) is 3.18. The van der Waals surface area contributed by atoms with Gasteiger partial charge >= 0.3 is 0 Å². The van der Waals surface area contributed by atoms with E-state index < -0.39 is 25.8 Å². The molecule has 0 spiro atoms. The summed E-state index contributed by atoms with van der Waals surface area (Å²) in [6, 6.07) is 6.48. The molecule has 1 aromatic carbocycles. The second-order valence-corrected chi connectivity index (χ2v) is 8.99. The van der Waals surface area contributed by atoms with Crippen LogP contribution in [0.1, 0.15) is 16.9 Å². The van der Waals surface area contributed by atoms with Crippen LogP contribution < -0.4 is 9.44 Å². The van der Waals surface area contributed by atoms with Gasteiger partial charge in [-0.2, -0.15) is 0 Å². The zero-order valence-electron chi connectivity index (χ0n) is 13.5. The van der Waals surface area contributed by atoms with Crippen molar-refractivity contribution in [1.29, 1.82) is 0 Å². The summed E-state index contributed by atoms with van der Waals surface area (Å²) in [5, 5.41) is 3.52. The lowest BCUT2D eigenvalue weighted by Gasteiger charge is -2.10. The minimum absolute atomic E-state index is 0.0601. The average molecular weight is 373 g/mol. The quantitative estimate of drug-likeness (QED) is 0.756. The van der Waals surface area contributed by atoms with Crippen LogP contribution in [0.25, 0.3) is 0 Å². The van der Waals surface area contributed by atoms with Crippen LogP contribution in [0.15, 0.2) is 33.7 Å². The van der Waals surface area contributed by atoms with E-state index in [1.165, 1.54) is 6.07 Å². The third kappa shape index (κ3) is 4.79. The van der Waals surface area contributed by atoms with Gasteiger partial charge in [-0.3, -0.25) is 4.72 Å². The van der Waals surface area contributed by atoms with E-state index in [9.17, 15) is 16.8 Å². The molecule has 0 aliphatic rings. The third-order valence-corrected chi connectivity index (χ3v) is 6.05. The number of benzene rings is 1. The van der Waals surface area contributed by atoms with Crippen molar-refractivity contribution in [2.75, 3.05) is 17.0 Å². The Hall–Kier alpha value is -1.91. The fraction of sp³-hybridized carbons (Fsp3) is 0.357. The highest BCUT2D eigenvalue weighted by Gasteiger charge is 2.19. The zero-order chi connectivity index (χ0) is 18.0. The number of nitrogens with one attached hydrogen (secondary N) is 2. The van der Waals surface area contributed by atoms with Crippen LogP contribution in [0.3, 0.4) is 0 Å². The first-order chi connectivity index (χ1) is 11.1. The predicted octanol–water partition coefficient (Wildman–Crippen LogP) is 1.32. The number of hydrogen-bond acceptors (Lipinski definition) is 6. The van der Waals surface area contributed by atoms with Crippen LogP contribution in [-0.4, -0.2) is 34.3 Å². The molecule has 2 N–H and O–H groups in total. The molecular weight excluding hydrogens is 354 g/mol. The molecular formula is C14H19N3O5S2. The van der Waals surface area contributed by atoms with Gasteiger partial charge in [-0.05, 0) is 38.0 Å². The molecule has 132 valence electrons. The summed E-state index contributed by atoms with van der Waals surface area (Å²) in [7, 11) is -7.52. The Labute approximate surface area is 141 Å². The van der Waals surface area contributed by atoms with Crippen molar-refractivity contribution in [3.63, 3.8) is 0 Å². The highest BCUT2D eigenvalue weighted by molar-refractivity contribution is 7.92. The number of anilines is 1. The van der Waals surface area contributed by atoms with Crippen LogP contribution in [0.2, 0.25) is 0 Å². The molecule has 0 radical (unpaired) electrons. The minimum Gasteiger partial charge on any atom is -0.360 e. The van der Waals surface area contributed by atoms with Gasteiger partial charge in [0.25, 0.3) is 0 Å². The molecule has 0 amide bonds. The predicted molar refractivity (Wildman–Crippen MR) is 89.8 cm³/mol. The summed E-state index contributed by atoms with van der Waals surface area (Å²) >= 11 is 0. The SMILES string of the molecule is Cc1ccc(C)c(S(=O)(=O)NCCS(=O)(=O)Nc2cc(C)on2)c1. The first-order valence-corrected chi connectivity index (χ1v) is 10.2. The van der Waals surface area contributed by atoms with Crippen LogP contribution in [0.4, 0.5) is 5.82 Å². The maximum absolute atomic E-state index is 12.3. The van der Waals surface area contributed by atoms with E-state index in [2.05, 4.69) is 14.6 Å². The second kappa shape index (κ2) is 6.91. The van der Waals surface area contributed by atoms with Crippen molar-refractivity contribution >= 4 is 25.9 Å². The molecule has 24 heavy (non-hydrogen) atoms. The lowest BCUT2D eigenvalue weighted by molar-refractivity contribution is 0.400. The monoisotopic (exact) mass is 373 g/mol. The lowest BCUT2D eigenvalue weighted by Crippen LogP contribution is -2.31. The van der Waals surface area contributed by atoms with Gasteiger partial charge in [0.2, 0.25) is 20.0 Å². The first kappa shape index (κ1) is 18.4. The van der Waals surface area contributed by atoms with Gasteiger partial charge in [0.15, 0.2) is 5.82 Å². The number of aryl methyl sites for hydroxylation is 3. The Balaban J connectivity index is 2.01. The van der Waals surface area contributed by atoms with Gasteiger partial charge in [-0.25, -0.2) is 21.6 Å². The van der Waals surface area contributed by atoms with E-state index in [-0.39, 0.29) is 17.3 Å². The van der Waals surface area contributed by atoms with Crippen molar-refractivity contribution in [2.45, 2.75) is 25.7 Å². The van der Waals surface area contributed by atoms with Crippen molar-refractivity contribution in [1.82, 2.24) is 9.88 Å². The number of rotatable bonds is 7. The van der Waals surface area contributed by atoms with E-state index in [0.29, 0.717) is 11.3 Å². The zero-order valence-corrected chi connectivity index (χ0v) is 15.2. The molecule has 0 bridgehead atoms. The Kier molecular flexibility index (Phi) is 5.31. The molecule has 2 aromatic rings. The van der Waals surface area contributed by atoms with Crippen LogP contribution >= 0.6 is 0 Å². The molecule has 8 nitrogen and oxygen atoms in total. The molecule has 1 aromatic heterocycles. The number of nitrogens with zero attached hydrogens (tertiary/aromatic N) is 1. The van der Waals surface area contributed by atoms with Gasteiger partial charge < -0.3 is 4.52 Å². The molecule has 10 heteroatoms. The maximum atomic E-state index is 12.3. The van der Waals surface area contributed by atoms with Crippen LogP contribution in [-0.2, 0) is 20.0 Å². The van der Waals surface area contributed by atoms with Gasteiger partial charge in [-0.15, -0.1) is 0 Å². The summed E-state index contributed by atoms with van der Waals surface area (Å²) in [6.45, 7) is 4.83. The smallest absolute Gasteiger partial charge is 0.240 e. The van der Waals surface area contributed by atoms with Crippen LogP contribution in [0.5, 0.6) is 0 Å². The maximum Gasteiger partial charge on any atom is 0.240 e. The molecule has 0 aliphatic carbocycles. The largest absolute Gasteiger partial charge is 0.360 e. The molecule has 1 heterocycles. The normalized spacial score (nSPS) is 12.3. The lowest BCUT2D eigenvalue weighted by atomic mass is 10.2. The van der Waals surface area contributed by atoms with E-state index in [1.807, 2.05) is 6.07 Å². The topological polar surface area (TPSA) is 118 Å². The Morgan fingerprint density at radius 2 is 1.79 bits per heavy atom. The highest BCUT2D eigenvalue weighted by Crippen LogP contribution is 2.16. The van der Waals surface area contributed by atoms with Crippen molar-refractivity contribution in [3.8, 4) is 0 Å². The molecule has 0 saturated heterocycles. The summed E-state index contributed by atoms with van der Waals surface area (Å²) < 4.78 is 57.7. The average Bonchev–Trinajstić information content (AvgIpc) is 2.85. The summed E-state index contributed by atoms with van der Waals surface area (Å²) in [4.78, 5) is 0.139.